The van der Waals surface area contributed by atoms with E-state index in [1.165, 1.54) is 0 Å². The number of carbonyl (C=O) groups excluding carboxylic acids is 1. The summed E-state index contributed by atoms with van der Waals surface area (Å²) in [7, 11) is 1.75. The van der Waals surface area contributed by atoms with Crippen molar-refractivity contribution in [2.45, 2.75) is 26.4 Å². The molecular formula is C17H20N2O4. The third kappa shape index (κ3) is 3.02. The average Bonchev–Trinajstić information content (AvgIpc) is 2.94. The summed E-state index contributed by atoms with van der Waals surface area (Å²) in [5, 5.41) is 3.94. The Balaban J connectivity index is 1.69. The molecule has 23 heavy (non-hydrogen) atoms. The number of benzene rings is 1. The summed E-state index contributed by atoms with van der Waals surface area (Å²) in [4.78, 5) is 14.3. The molecule has 0 spiro atoms. The number of aromatic nitrogens is 1. The highest BCUT2D eigenvalue weighted by Gasteiger charge is 2.27. The SMILES string of the molecule is CCc1noc(C)c1C(=O)N(C)CC1COc2ccccc2O1. The maximum absolute atomic E-state index is 12.7. The Morgan fingerprint density at radius 3 is 2.83 bits per heavy atom. The van der Waals surface area contributed by atoms with Gasteiger partial charge in [0.1, 0.15) is 17.9 Å². The molecule has 1 aliphatic heterocycles. The molecule has 1 aromatic heterocycles. The van der Waals surface area contributed by atoms with Crippen molar-refractivity contribution in [3.05, 3.63) is 41.3 Å². The van der Waals surface area contributed by atoms with E-state index in [1.54, 1.807) is 18.9 Å². The summed E-state index contributed by atoms with van der Waals surface area (Å²) in [5.41, 5.74) is 1.23. The fourth-order valence-electron chi connectivity index (χ4n) is 2.67. The number of carbonyl (C=O) groups is 1. The number of fused-ring (bicyclic) bond motifs is 1. The molecule has 0 saturated carbocycles. The second-order valence-corrected chi connectivity index (χ2v) is 5.60. The number of amides is 1. The normalized spacial score (nSPS) is 16.2. The summed E-state index contributed by atoms with van der Waals surface area (Å²) in [6.45, 7) is 4.55. The molecule has 6 nitrogen and oxygen atoms in total. The topological polar surface area (TPSA) is 64.8 Å². The molecule has 2 aromatic rings. The quantitative estimate of drug-likeness (QED) is 0.867. The van der Waals surface area contributed by atoms with Crippen LogP contribution in [0.5, 0.6) is 11.5 Å². The minimum Gasteiger partial charge on any atom is -0.486 e. The van der Waals surface area contributed by atoms with Gasteiger partial charge in [0.25, 0.3) is 5.91 Å². The Morgan fingerprint density at radius 1 is 1.35 bits per heavy atom. The smallest absolute Gasteiger partial charge is 0.259 e. The second-order valence-electron chi connectivity index (χ2n) is 5.60. The first-order valence-corrected chi connectivity index (χ1v) is 7.69. The van der Waals surface area contributed by atoms with Gasteiger partial charge in [-0.25, -0.2) is 0 Å². The van der Waals surface area contributed by atoms with Crippen molar-refractivity contribution in [2.75, 3.05) is 20.2 Å². The largest absolute Gasteiger partial charge is 0.486 e. The zero-order chi connectivity index (χ0) is 16.4. The average molecular weight is 316 g/mol. The molecule has 1 atom stereocenters. The number of rotatable bonds is 4. The van der Waals surface area contributed by atoms with Crippen LogP contribution in [0.4, 0.5) is 0 Å². The van der Waals surface area contributed by atoms with Gasteiger partial charge in [0.15, 0.2) is 17.6 Å². The van der Waals surface area contributed by atoms with Gasteiger partial charge in [-0.1, -0.05) is 24.2 Å². The van der Waals surface area contributed by atoms with Crippen LogP contribution in [0.1, 0.15) is 28.7 Å². The van der Waals surface area contributed by atoms with E-state index in [4.69, 9.17) is 14.0 Å². The zero-order valence-electron chi connectivity index (χ0n) is 13.5. The lowest BCUT2D eigenvalue weighted by molar-refractivity contribution is 0.0519. The van der Waals surface area contributed by atoms with Crippen LogP contribution in [0.2, 0.25) is 0 Å². The first-order chi connectivity index (χ1) is 11.1. The van der Waals surface area contributed by atoms with Crippen molar-refractivity contribution in [2.24, 2.45) is 0 Å². The van der Waals surface area contributed by atoms with Crippen LogP contribution in [0.25, 0.3) is 0 Å². The second kappa shape index (κ2) is 6.32. The van der Waals surface area contributed by atoms with Gasteiger partial charge >= 0.3 is 0 Å². The maximum Gasteiger partial charge on any atom is 0.259 e. The summed E-state index contributed by atoms with van der Waals surface area (Å²) in [6, 6.07) is 7.53. The van der Waals surface area contributed by atoms with Crippen molar-refractivity contribution in [3.63, 3.8) is 0 Å². The third-order valence-electron chi connectivity index (χ3n) is 3.87. The van der Waals surface area contributed by atoms with Gasteiger partial charge in [-0.3, -0.25) is 4.79 Å². The first-order valence-electron chi connectivity index (χ1n) is 7.69. The summed E-state index contributed by atoms with van der Waals surface area (Å²) in [6.07, 6.45) is 0.451. The van der Waals surface area contributed by atoms with Crippen LogP contribution >= 0.6 is 0 Å². The van der Waals surface area contributed by atoms with Crippen molar-refractivity contribution < 1.29 is 18.8 Å². The molecule has 0 aliphatic carbocycles. The van der Waals surface area contributed by atoms with E-state index in [0.717, 1.165) is 5.75 Å². The molecule has 1 amide bonds. The van der Waals surface area contributed by atoms with Gasteiger partial charge in [-0.05, 0) is 25.5 Å². The molecule has 0 N–H and O–H groups in total. The third-order valence-corrected chi connectivity index (χ3v) is 3.87. The fraction of sp³-hybridized carbons (Fsp3) is 0.412. The van der Waals surface area contributed by atoms with Crippen LogP contribution in [-0.4, -0.2) is 42.3 Å². The van der Waals surface area contributed by atoms with Gasteiger partial charge in [0.2, 0.25) is 0 Å². The Morgan fingerprint density at radius 2 is 2.09 bits per heavy atom. The van der Waals surface area contributed by atoms with Crippen LogP contribution < -0.4 is 9.47 Å². The Labute approximate surface area is 135 Å². The molecule has 1 aliphatic rings. The summed E-state index contributed by atoms with van der Waals surface area (Å²) >= 11 is 0. The van der Waals surface area contributed by atoms with Crippen LogP contribution in [0, 0.1) is 6.92 Å². The molecule has 3 rings (SSSR count). The van der Waals surface area contributed by atoms with E-state index in [1.807, 2.05) is 31.2 Å². The van der Waals surface area contributed by atoms with Crippen LogP contribution in [-0.2, 0) is 6.42 Å². The summed E-state index contributed by atoms with van der Waals surface area (Å²) < 4.78 is 16.7. The predicted octanol–water partition coefficient (Wildman–Crippen LogP) is 2.46. The van der Waals surface area contributed by atoms with Crippen LogP contribution in [0.3, 0.4) is 0 Å². The molecule has 1 aromatic carbocycles. The Hall–Kier alpha value is -2.50. The fourth-order valence-corrected chi connectivity index (χ4v) is 2.67. The van der Waals surface area contributed by atoms with E-state index >= 15 is 0 Å². The molecule has 0 fully saturated rings. The standard InChI is InChI=1S/C17H20N2O4/c1-4-13-16(11(2)23-18-13)17(20)19(3)9-12-10-21-14-7-5-6-8-15(14)22-12/h5-8,12H,4,9-10H2,1-3H3. The molecule has 0 radical (unpaired) electrons. The number of ether oxygens (including phenoxy) is 2. The van der Waals surface area contributed by atoms with E-state index in [0.29, 0.717) is 42.3 Å². The highest BCUT2D eigenvalue weighted by Crippen LogP contribution is 2.31. The minimum absolute atomic E-state index is 0.108. The lowest BCUT2D eigenvalue weighted by atomic mass is 10.1. The minimum atomic E-state index is -0.205. The Bertz CT molecular complexity index is 710. The van der Waals surface area contributed by atoms with Gasteiger partial charge in [0, 0.05) is 7.05 Å². The summed E-state index contributed by atoms with van der Waals surface area (Å²) in [5.74, 6) is 1.88. The number of nitrogens with zero attached hydrogens (tertiary/aromatic N) is 2. The number of para-hydroxylation sites is 2. The first kappa shape index (κ1) is 15.4. The highest BCUT2D eigenvalue weighted by atomic mass is 16.6. The van der Waals surface area contributed by atoms with E-state index in [2.05, 4.69) is 5.16 Å². The Kier molecular flexibility index (Phi) is 4.23. The molecule has 122 valence electrons. The number of hydrogen-bond donors (Lipinski definition) is 0. The lowest BCUT2D eigenvalue weighted by Gasteiger charge is -2.29. The van der Waals surface area contributed by atoms with Gasteiger partial charge in [-0.15, -0.1) is 0 Å². The number of likely N-dealkylation sites (N-methyl/N-ethyl adjacent to an activating group) is 1. The van der Waals surface area contributed by atoms with E-state index in [9.17, 15) is 4.79 Å². The molecule has 0 saturated heterocycles. The molecule has 6 heteroatoms. The van der Waals surface area contributed by atoms with Gasteiger partial charge in [0.05, 0.1) is 12.2 Å². The van der Waals surface area contributed by atoms with E-state index in [-0.39, 0.29) is 12.0 Å². The van der Waals surface area contributed by atoms with Crippen LogP contribution in [0.15, 0.2) is 28.8 Å². The van der Waals surface area contributed by atoms with Crippen molar-refractivity contribution in [1.82, 2.24) is 10.1 Å². The maximum atomic E-state index is 12.7. The van der Waals surface area contributed by atoms with Gasteiger partial charge < -0.3 is 18.9 Å². The van der Waals surface area contributed by atoms with E-state index < -0.39 is 0 Å². The number of hydrogen-bond acceptors (Lipinski definition) is 5. The van der Waals surface area contributed by atoms with Gasteiger partial charge in [-0.2, -0.15) is 0 Å². The highest BCUT2D eigenvalue weighted by molar-refractivity contribution is 5.96. The molecule has 1 unspecified atom stereocenters. The zero-order valence-corrected chi connectivity index (χ0v) is 13.5. The van der Waals surface area contributed by atoms with Crippen molar-refractivity contribution >= 4 is 5.91 Å². The number of aryl methyl sites for hydroxylation is 2. The predicted molar refractivity (Wildman–Crippen MR) is 83.9 cm³/mol. The lowest BCUT2D eigenvalue weighted by Crippen LogP contribution is -2.42. The molecule has 2 heterocycles. The molecular weight excluding hydrogens is 296 g/mol. The van der Waals surface area contributed by atoms with Crippen molar-refractivity contribution in [1.29, 1.82) is 0 Å². The monoisotopic (exact) mass is 316 g/mol. The van der Waals surface area contributed by atoms with Crippen molar-refractivity contribution in [3.8, 4) is 11.5 Å². The molecule has 0 bridgehead atoms.